The third-order valence-corrected chi connectivity index (χ3v) is 4.49. The van der Waals surface area contributed by atoms with Crippen molar-refractivity contribution in [3.05, 3.63) is 47.8 Å². The van der Waals surface area contributed by atoms with Gasteiger partial charge in [-0.15, -0.1) is 24.0 Å². The zero-order chi connectivity index (χ0) is 18.2. The summed E-state index contributed by atoms with van der Waals surface area (Å²) in [5.74, 6) is 1.87. The van der Waals surface area contributed by atoms with Gasteiger partial charge in [-0.2, -0.15) is 0 Å². The number of benzene rings is 1. The molecule has 0 amide bonds. The number of aliphatic imine (C=N–C) groups is 1. The zero-order valence-electron chi connectivity index (χ0n) is 15.9. The number of hydrogen-bond acceptors (Lipinski definition) is 2. The average molecular weight is 473 g/mol. The van der Waals surface area contributed by atoms with Crippen LogP contribution in [0.5, 0.6) is 0 Å². The molecular formula is C19H29FIN5. The first-order valence-corrected chi connectivity index (χ1v) is 8.82. The second kappa shape index (κ2) is 11.2. The van der Waals surface area contributed by atoms with E-state index in [0.29, 0.717) is 18.2 Å². The number of aromatic nitrogens is 2. The Morgan fingerprint density at radius 3 is 2.54 bits per heavy atom. The van der Waals surface area contributed by atoms with Gasteiger partial charge in [0.05, 0.1) is 5.69 Å². The molecule has 0 fully saturated rings. The van der Waals surface area contributed by atoms with Gasteiger partial charge in [-0.1, -0.05) is 32.8 Å². The van der Waals surface area contributed by atoms with E-state index in [1.165, 1.54) is 0 Å². The van der Waals surface area contributed by atoms with Crippen molar-refractivity contribution in [3.8, 4) is 5.69 Å². The fraction of sp³-hybridized carbons (Fsp3) is 0.474. The van der Waals surface area contributed by atoms with Crippen LogP contribution in [0, 0.1) is 18.7 Å². The molecule has 1 aromatic carbocycles. The molecule has 0 saturated heterocycles. The van der Waals surface area contributed by atoms with Crippen molar-refractivity contribution >= 4 is 29.9 Å². The highest BCUT2D eigenvalue weighted by molar-refractivity contribution is 14.0. The summed E-state index contributed by atoms with van der Waals surface area (Å²) in [7, 11) is 1.74. The van der Waals surface area contributed by atoms with Gasteiger partial charge in [0.2, 0.25) is 0 Å². The van der Waals surface area contributed by atoms with Crippen LogP contribution in [0.1, 0.15) is 38.1 Å². The fourth-order valence-electron chi connectivity index (χ4n) is 2.71. The standard InChI is InChI=1S/C19H28FN5.HI/c1-5-15(6-2)12-23-19(21-4)24-13-16-7-8-18(17(20)11-16)25-10-9-22-14(25)3;/h7-11,15H,5-6,12-13H2,1-4H3,(H2,21,23,24);1H. The molecule has 0 aliphatic carbocycles. The van der Waals surface area contributed by atoms with Crippen molar-refractivity contribution in [3.63, 3.8) is 0 Å². The number of aryl methyl sites for hydroxylation is 1. The van der Waals surface area contributed by atoms with Gasteiger partial charge in [-0.05, 0) is 30.5 Å². The molecule has 0 aliphatic rings. The first-order valence-electron chi connectivity index (χ1n) is 8.82. The third-order valence-electron chi connectivity index (χ3n) is 4.49. The van der Waals surface area contributed by atoms with Gasteiger partial charge in [0.1, 0.15) is 11.6 Å². The minimum atomic E-state index is -0.264. The maximum absolute atomic E-state index is 14.4. The van der Waals surface area contributed by atoms with Gasteiger partial charge < -0.3 is 15.2 Å². The van der Waals surface area contributed by atoms with Gasteiger partial charge in [0.25, 0.3) is 0 Å². The Labute approximate surface area is 172 Å². The molecule has 0 atom stereocenters. The van der Waals surface area contributed by atoms with Gasteiger partial charge in [0.15, 0.2) is 5.96 Å². The molecule has 0 aliphatic heterocycles. The van der Waals surface area contributed by atoms with Crippen LogP contribution in [-0.4, -0.2) is 29.1 Å². The van der Waals surface area contributed by atoms with Crippen molar-refractivity contribution < 1.29 is 4.39 Å². The van der Waals surface area contributed by atoms with Crippen molar-refractivity contribution in [2.24, 2.45) is 10.9 Å². The summed E-state index contributed by atoms with van der Waals surface area (Å²) < 4.78 is 16.2. The number of halogens is 2. The van der Waals surface area contributed by atoms with Crippen LogP contribution in [0.4, 0.5) is 4.39 Å². The molecule has 2 aromatic rings. The highest BCUT2D eigenvalue weighted by atomic mass is 127. The molecule has 7 heteroatoms. The van der Waals surface area contributed by atoms with E-state index in [1.54, 1.807) is 36.1 Å². The van der Waals surface area contributed by atoms with E-state index >= 15 is 0 Å². The smallest absolute Gasteiger partial charge is 0.191 e. The van der Waals surface area contributed by atoms with Gasteiger partial charge in [-0.25, -0.2) is 9.37 Å². The average Bonchev–Trinajstić information content (AvgIpc) is 3.04. The Hall–Kier alpha value is -1.64. The van der Waals surface area contributed by atoms with Crippen LogP contribution in [0.2, 0.25) is 0 Å². The lowest BCUT2D eigenvalue weighted by atomic mass is 10.0. The number of imidazole rings is 1. The van der Waals surface area contributed by atoms with Crippen LogP contribution in [-0.2, 0) is 6.54 Å². The monoisotopic (exact) mass is 473 g/mol. The molecule has 26 heavy (non-hydrogen) atoms. The summed E-state index contributed by atoms with van der Waals surface area (Å²) in [6.07, 6.45) is 5.71. The molecule has 0 spiro atoms. The summed E-state index contributed by atoms with van der Waals surface area (Å²) >= 11 is 0. The number of nitrogens with one attached hydrogen (secondary N) is 2. The highest BCUT2D eigenvalue weighted by Crippen LogP contribution is 2.16. The van der Waals surface area contributed by atoms with Gasteiger partial charge in [0, 0.05) is 32.5 Å². The fourth-order valence-corrected chi connectivity index (χ4v) is 2.71. The van der Waals surface area contributed by atoms with E-state index in [4.69, 9.17) is 0 Å². The molecule has 5 nitrogen and oxygen atoms in total. The first kappa shape index (κ1) is 22.4. The lowest BCUT2D eigenvalue weighted by Gasteiger charge is -2.17. The Morgan fingerprint density at radius 1 is 1.27 bits per heavy atom. The normalized spacial score (nSPS) is 11.4. The van der Waals surface area contributed by atoms with Crippen molar-refractivity contribution in [1.82, 2.24) is 20.2 Å². The Bertz CT molecular complexity index is 710. The van der Waals surface area contributed by atoms with Crippen LogP contribution in [0.15, 0.2) is 35.6 Å². The maximum Gasteiger partial charge on any atom is 0.191 e. The predicted molar refractivity (Wildman–Crippen MR) is 116 cm³/mol. The number of hydrogen-bond donors (Lipinski definition) is 2. The summed E-state index contributed by atoms with van der Waals surface area (Å²) in [6.45, 7) is 7.64. The van der Waals surface area contributed by atoms with Crippen LogP contribution >= 0.6 is 24.0 Å². The zero-order valence-corrected chi connectivity index (χ0v) is 18.3. The summed E-state index contributed by atoms with van der Waals surface area (Å²) in [4.78, 5) is 8.36. The second-order valence-corrected chi connectivity index (χ2v) is 6.12. The topological polar surface area (TPSA) is 54.2 Å². The van der Waals surface area contributed by atoms with E-state index < -0.39 is 0 Å². The molecule has 144 valence electrons. The molecule has 0 bridgehead atoms. The molecule has 1 heterocycles. The van der Waals surface area contributed by atoms with E-state index in [9.17, 15) is 4.39 Å². The van der Waals surface area contributed by atoms with E-state index in [2.05, 4.69) is 34.5 Å². The van der Waals surface area contributed by atoms with Crippen LogP contribution in [0.3, 0.4) is 0 Å². The quantitative estimate of drug-likeness (QED) is 0.363. The van der Waals surface area contributed by atoms with Crippen LogP contribution < -0.4 is 10.6 Å². The third kappa shape index (κ3) is 5.96. The largest absolute Gasteiger partial charge is 0.356 e. The van der Waals surface area contributed by atoms with Crippen molar-refractivity contribution in [1.29, 1.82) is 0 Å². The molecule has 0 saturated carbocycles. The first-order chi connectivity index (χ1) is 12.1. The molecular weight excluding hydrogens is 444 g/mol. The van der Waals surface area contributed by atoms with Crippen molar-refractivity contribution in [2.75, 3.05) is 13.6 Å². The Kier molecular flexibility index (Phi) is 9.61. The minimum absolute atomic E-state index is 0. The Balaban J connectivity index is 0.00000338. The SMILES string of the molecule is CCC(CC)CNC(=NC)NCc1ccc(-n2ccnc2C)c(F)c1.I. The maximum atomic E-state index is 14.4. The molecule has 0 unspecified atom stereocenters. The van der Waals surface area contributed by atoms with E-state index in [-0.39, 0.29) is 29.8 Å². The number of guanidine groups is 1. The lowest BCUT2D eigenvalue weighted by Crippen LogP contribution is -2.39. The molecule has 1 aromatic heterocycles. The minimum Gasteiger partial charge on any atom is -0.356 e. The molecule has 0 radical (unpaired) electrons. The highest BCUT2D eigenvalue weighted by Gasteiger charge is 2.09. The molecule has 2 rings (SSSR count). The second-order valence-electron chi connectivity index (χ2n) is 6.12. The van der Waals surface area contributed by atoms with Crippen molar-refractivity contribution in [2.45, 2.75) is 40.2 Å². The number of rotatable bonds is 7. The van der Waals surface area contributed by atoms with Gasteiger partial charge in [-0.3, -0.25) is 4.99 Å². The summed E-state index contributed by atoms with van der Waals surface area (Å²) in [5, 5.41) is 6.57. The predicted octanol–water partition coefficient (Wildman–Crippen LogP) is 4.04. The van der Waals surface area contributed by atoms with E-state index in [0.717, 1.165) is 36.7 Å². The summed E-state index contributed by atoms with van der Waals surface area (Å²) in [5.41, 5.74) is 1.37. The lowest BCUT2D eigenvalue weighted by molar-refractivity contribution is 0.481. The molecule has 2 N–H and O–H groups in total. The Morgan fingerprint density at radius 2 is 2.00 bits per heavy atom. The summed E-state index contributed by atoms with van der Waals surface area (Å²) in [6, 6.07) is 5.25. The van der Waals surface area contributed by atoms with Crippen LogP contribution in [0.25, 0.3) is 5.69 Å². The van der Waals surface area contributed by atoms with E-state index in [1.807, 2.05) is 13.0 Å². The van der Waals surface area contributed by atoms with Gasteiger partial charge >= 0.3 is 0 Å². The number of nitrogens with zero attached hydrogens (tertiary/aromatic N) is 3.